The highest BCUT2D eigenvalue weighted by Gasteiger charge is 2.18. The minimum Gasteiger partial charge on any atom is -0.491 e. The smallest absolute Gasteiger partial charge is 0.123 e. The fourth-order valence-electron chi connectivity index (χ4n) is 1.73. The zero-order valence-electron chi connectivity index (χ0n) is 11.8. The molecule has 0 bridgehead atoms. The van der Waals surface area contributed by atoms with Crippen LogP contribution in [0.2, 0.25) is 0 Å². The molecule has 0 atom stereocenters. The molecule has 2 nitrogen and oxygen atoms in total. The Kier molecular flexibility index (Phi) is 6.03. The van der Waals surface area contributed by atoms with Crippen LogP contribution in [0.15, 0.2) is 18.2 Å². The number of hydrogen-bond donors (Lipinski definition) is 1. The van der Waals surface area contributed by atoms with Crippen LogP contribution in [-0.4, -0.2) is 25.6 Å². The lowest BCUT2D eigenvalue weighted by Crippen LogP contribution is -2.15. The van der Waals surface area contributed by atoms with Gasteiger partial charge in [0.15, 0.2) is 0 Å². The zero-order chi connectivity index (χ0) is 13.6. The molecule has 1 rings (SSSR count). The van der Waals surface area contributed by atoms with Crippen molar-refractivity contribution in [2.24, 2.45) is 0 Å². The molecule has 0 aliphatic heterocycles. The van der Waals surface area contributed by atoms with E-state index in [1.807, 2.05) is 0 Å². The van der Waals surface area contributed by atoms with Gasteiger partial charge in [-0.1, -0.05) is 38.5 Å². The van der Waals surface area contributed by atoms with Crippen molar-refractivity contribution >= 4 is 12.6 Å². The molecule has 0 unspecified atom stereocenters. The molecule has 0 radical (unpaired) electrons. The third-order valence-electron chi connectivity index (χ3n) is 2.66. The number of benzene rings is 1. The van der Waals surface area contributed by atoms with Crippen LogP contribution < -0.4 is 4.74 Å². The van der Waals surface area contributed by atoms with Crippen molar-refractivity contribution in [1.82, 2.24) is 0 Å². The summed E-state index contributed by atoms with van der Waals surface area (Å²) >= 11 is 4.09. The van der Waals surface area contributed by atoms with E-state index in [0.29, 0.717) is 19.8 Å². The molecule has 0 spiro atoms. The summed E-state index contributed by atoms with van der Waals surface area (Å²) in [6, 6.07) is 6.33. The predicted octanol–water partition coefficient (Wildman–Crippen LogP) is 3.62. The Morgan fingerprint density at radius 2 is 1.83 bits per heavy atom. The number of aryl methyl sites for hydroxylation is 1. The molecule has 18 heavy (non-hydrogen) atoms. The minimum atomic E-state index is 0.0906. The van der Waals surface area contributed by atoms with Gasteiger partial charge in [0, 0.05) is 5.75 Å². The van der Waals surface area contributed by atoms with Gasteiger partial charge >= 0.3 is 0 Å². The van der Waals surface area contributed by atoms with Crippen molar-refractivity contribution in [1.29, 1.82) is 0 Å². The van der Waals surface area contributed by atoms with E-state index in [1.54, 1.807) is 0 Å². The van der Waals surface area contributed by atoms with Gasteiger partial charge in [-0.05, 0) is 24.0 Å². The van der Waals surface area contributed by atoms with Gasteiger partial charge in [-0.25, -0.2) is 0 Å². The summed E-state index contributed by atoms with van der Waals surface area (Å²) in [4.78, 5) is 0. The Morgan fingerprint density at radius 3 is 2.44 bits per heavy atom. The van der Waals surface area contributed by atoms with Crippen LogP contribution >= 0.6 is 12.6 Å². The summed E-state index contributed by atoms with van der Waals surface area (Å²) in [6.07, 6.45) is 0. The lowest BCUT2D eigenvalue weighted by molar-refractivity contribution is 0.111. The van der Waals surface area contributed by atoms with Crippen LogP contribution in [0, 0.1) is 6.92 Å². The fourth-order valence-corrected chi connectivity index (χ4v) is 1.86. The fraction of sp³-hybridized carbons (Fsp3) is 0.600. The van der Waals surface area contributed by atoms with Gasteiger partial charge in [0.1, 0.15) is 12.4 Å². The molecule has 0 aliphatic rings. The lowest BCUT2D eigenvalue weighted by atomic mass is 9.85. The van der Waals surface area contributed by atoms with Crippen LogP contribution in [0.25, 0.3) is 0 Å². The molecule has 0 amide bonds. The zero-order valence-corrected chi connectivity index (χ0v) is 12.7. The first-order valence-electron chi connectivity index (χ1n) is 6.37. The Morgan fingerprint density at radius 1 is 1.11 bits per heavy atom. The Labute approximate surface area is 116 Å². The van der Waals surface area contributed by atoms with Gasteiger partial charge in [-0.3, -0.25) is 0 Å². The second-order valence-electron chi connectivity index (χ2n) is 5.43. The maximum atomic E-state index is 5.82. The van der Waals surface area contributed by atoms with Crippen molar-refractivity contribution < 1.29 is 9.47 Å². The lowest BCUT2D eigenvalue weighted by Gasteiger charge is -2.23. The van der Waals surface area contributed by atoms with Crippen LogP contribution in [0.4, 0.5) is 0 Å². The van der Waals surface area contributed by atoms with E-state index in [9.17, 15) is 0 Å². The van der Waals surface area contributed by atoms with E-state index >= 15 is 0 Å². The maximum absolute atomic E-state index is 5.82. The number of hydrogen-bond acceptors (Lipinski definition) is 3. The summed E-state index contributed by atoms with van der Waals surface area (Å²) in [6.45, 7) is 10.6. The van der Waals surface area contributed by atoms with E-state index < -0.39 is 0 Å². The minimum absolute atomic E-state index is 0.0906. The van der Waals surface area contributed by atoms with Crippen molar-refractivity contribution in [3.63, 3.8) is 0 Å². The van der Waals surface area contributed by atoms with Crippen molar-refractivity contribution in [3.8, 4) is 5.75 Å². The van der Waals surface area contributed by atoms with Gasteiger partial charge in [-0.2, -0.15) is 12.6 Å². The molecular formula is C15H24O2S. The maximum Gasteiger partial charge on any atom is 0.123 e. The molecule has 0 heterocycles. The summed E-state index contributed by atoms with van der Waals surface area (Å²) < 4.78 is 11.2. The Bertz CT molecular complexity index is 369. The van der Waals surface area contributed by atoms with Crippen molar-refractivity contribution in [2.45, 2.75) is 33.1 Å². The van der Waals surface area contributed by atoms with Gasteiger partial charge in [-0.15, -0.1) is 0 Å². The SMILES string of the molecule is Cc1ccc(OCCOCCS)c(C(C)(C)C)c1. The average Bonchev–Trinajstić information content (AvgIpc) is 2.29. The molecule has 3 heteroatoms. The molecule has 102 valence electrons. The molecule has 1 aromatic carbocycles. The Hall–Kier alpha value is -0.670. The summed E-state index contributed by atoms with van der Waals surface area (Å²) in [7, 11) is 0. The second kappa shape index (κ2) is 7.05. The number of rotatable bonds is 6. The van der Waals surface area contributed by atoms with E-state index in [4.69, 9.17) is 9.47 Å². The molecule has 0 fully saturated rings. The molecule has 0 saturated carbocycles. The van der Waals surface area contributed by atoms with Crippen molar-refractivity contribution in [2.75, 3.05) is 25.6 Å². The molecule has 0 saturated heterocycles. The first-order chi connectivity index (χ1) is 8.45. The molecule has 0 N–H and O–H groups in total. The normalized spacial score (nSPS) is 11.6. The highest BCUT2D eigenvalue weighted by atomic mass is 32.1. The van der Waals surface area contributed by atoms with Crippen LogP contribution in [0.1, 0.15) is 31.9 Å². The Balaban J connectivity index is 2.65. The molecule has 1 aromatic rings. The van der Waals surface area contributed by atoms with Crippen molar-refractivity contribution in [3.05, 3.63) is 29.3 Å². The quantitative estimate of drug-likeness (QED) is 0.627. The topological polar surface area (TPSA) is 18.5 Å². The molecule has 0 aliphatic carbocycles. The van der Waals surface area contributed by atoms with Crippen LogP contribution in [0.5, 0.6) is 5.75 Å². The van der Waals surface area contributed by atoms with Gasteiger partial charge in [0.25, 0.3) is 0 Å². The third-order valence-corrected chi connectivity index (χ3v) is 2.85. The van der Waals surface area contributed by atoms with Gasteiger partial charge in [0.05, 0.1) is 13.2 Å². The predicted molar refractivity (Wildman–Crippen MR) is 80.0 cm³/mol. The largest absolute Gasteiger partial charge is 0.491 e. The van der Waals surface area contributed by atoms with Crippen LogP contribution in [0.3, 0.4) is 0 Å². The number of ether oxygens (including phenoxy) is 2. The first kappa shape index (κ1) is 15.4. The molecule has 0 aromatic heterocycles. The average molecular weight is 268 g/mol. The second-order valence-corrected chi connectivity index (χ2v) is 5.88. The summed E-state index contributed by atoms with van der Waals surface area (Å²) in [5.74, 6) is 1.71. The van der Waals surface area contributed by atoms with Gasteiger partial charge in [0.2, 0.25) is 0 Å². The monoisotopic (exact) mass is 268 g/mol. The third kappa shape index (κ3) is 4.91. The standard InChI is InChI=1S/C15H24O2S/c1-12-5-6-14(13(11-12)15(2,3)4)17-8-7-16-9-10-18/h5-6,11,18H,7-10H2,1-4H3. The highest BCUT2D eigenvalue weighted by Crippen LogP contribution is 2.32. The van der Waals surface area contributed by atoms with E-state index in [0.717, 1.165) is 11.5 Å². The first-order valence-corrected chi connectivity index (χ1v) is 7.01. The molecular weight excluding hydrogens is 244 g/mol. The van der Waals surface area contributed by atoms with E-state index in [2.05, 4.69) is 58.5 Å². The van der Waals surface area contributed by atoms with Gasteiger partial charge < -0.3 is 9.47 Å². The summed E-state index contributed by atoms with van der Waals surface area (Å²) in [5.41, 5.74) is 2.60. The van der Waals surface area contributed by atoms with E-state index in [1.165, 1.54) is 11.1 Å². The summed E-state index contributed by atoms with van der Waals surface area (Å²) in [5, 5.41) is 0. The number of thiol groups is 1. The van der Waals surface area contributed by atoms with Crippen LogP contribution in [-0.2, 0) is 10.2 Å². The van der Waals surface area contributed by atoms with E-state index in [-0.39, 0.29) is 5.41 Å². The highest BCUT2D eigenvalue weighted by molar-refractivity contribution is 7.80.